The van der Waals surface area contributed by atoms with Crippen LogP contribution in [0.25, 0.3) is 0 Å². The van der Waals surface area contributed by atoms with Crippen molar-refractivity contribution in [3.05, 3.63) is 0 Å². The Morgan fingerprint density at radius 2 is 1.84 bits per heavy atom. The first-order valence-electron chi connectivity index (χ1n) is 12.2. The molecule has 6 fully saturated rings. The van der Waals surface area contributed by atoms with Crippen molar-refractivity contribution >= 4 is 0 Å². The van der Waals surface area contributed by atoms with Crippen LogP contribution in [0.4, 0.5) is 0 Å². The average molecular weight is 438 g/mol. The molecule has 7 nitrogen and oxygen atoms in total. The molecule has 1 aliphatic heterocycles. The molecule has 1 saturated heterocycles. The summed E-state index contributed by atoms with van der Waals surface area (Å²) in [5.74, 6) is -0.259. The largest absolute Gasteiger partial charge is 0.392 e. The number of piperidine rings is 1. The molecule has 1 spiro atoms. The maximum Gasteiger partial charge on any atom is 0.136 e. The highest BCUT2D eigenvalue weighted by Crippen LogP contribution is 2.80. The molecule has 3 N–H and O–H groups in total. The quantitative estimate of drug-likeness (QED) is 0.595. The van der Waals surface area contributed by atoms with Crippen LogP contribution < -0.4 is 0 Å². The molecule has 0 radical (unpaired) electrons. The number of hydrogen-bond acceptors (Lipinski definition) is 7. The first-order chi connectivity index (χ1) is 14.7. The molecule has 6 aliphatic rings. The summed E-state index contributed by atoms with van der Waals surface area (Å²) >= 11 is 0. The Bertz CT molecular complexity index is 781. The summed E-state index contributed by atoms with van der Waals surface area (Å²) in [6.45, 7) is 6.20. The van der Waals surface area contributed by atoms with Crippen LogP contribution in [0.5, 0.6) is 0 Å². The molecule has 0 aromatic rings. The van der Waals surface area contributed by atoms with Gasteiger partial charge in [0.1, 0.15) is 11.2 Å². The topological polar surface area (TPSA) is 91.6 Å². The van der Waals surface area contributed by atoms with Crippen LogP contribution in [0.15, 0.2) is 0 Å². The maximum atomic E-state index is 12.8. The molecule has 6 rings (SSSR count). The van der Waals surface area contributed by atoms with Gasteiger partial charge in [-0.3, -0.25) is 4.90 Å². The highest BCUT2D eigenvalue weighted by atomic mass is 16.5. The lowest BCUT2D eigenvalue weighted by atomic mass is 9.43. The van der Waals surface area contributed by atoms with E-state index in [9.17, 15) is 15.3 Å². The number of rotatable bonds is 4. The minimum Gasteiger partial charge on any atom is -0.392 e. The Morgan fingerprint density at radius 1 is 1.10 bits per heavy atom. The summed E-state index contributed by atoms with van der Waals surface area (Å²) < 4.78 is 18.2. The van der Waals surface area contributed by atoms with E-state index in [0.29, 0.717) is 6.42 Å². The molecular formula is C24H39NO6. The Balaban J connectivity index is 1.68. The fourth-order valence-corrected chi connectivity index (χ4v) is 10.7. The van der Waals surface area contributed by atoms with Gasteiger partial charge in [-0.25, -0.2) is 0 Å². The van der Waals surface area contributed by atoms with Gasteiger partial charge in [-0.2, -0.15) is 0 Å². The summed E-state index contributed by atoms with van der Waals surface area (Å²) in [5.41, 5.74) is -3.35. The molecule has 176 valence electrons. The van der Waals surface area contributed by atoms with E-state index in [1.165, 1.54) is 0 Å². The normalized spacial score (nSPS) is 64.1. The summed E-state index contributed by atoms with van der Waals surface area (Å²) in [7, 11) is 5.13. The van der Waals surface area contributed by atoms with Crippen molar-refractivity contribution in [1.82, 2.24) is 4.90 Å². The fraction of sp³-hybridized carbons (Fsp3) is 1.00. The number of aliphatic hydroxyl groups excluding tert-OH is 1. The fourth-order valence-electron chi connectivity index (χ4n) is 10.7. The molecule has 7 bridgehead atoms. The molecule has 0 amide bonds. The second-order valence-corrected chi connectivity index (χ2v) is 11.8. The third-order valence-electron chi connectivity index (χ3n) is 11.3. The lowest BCUT2D eigenvalue weighted by Gasteiger charge is -2.69. The van der Waals surface area contributed by atoms with Crippen LogP contribution >= 0.6 is 0 Å². The summed E-state index contributed by atoms with van der Waals surface area (Å²) in [6.07, 6.45) is 1.61. The number of methoxy groups -OCH3 is 3. The molecule has 31 heavy (non-hydrogen) atoms. The van der Waals surface area contributed by atoms with Crippen LogP contribution in [0.2, 0.25) is 0 Å². The number of ether oxygens (including phenoxy) is 3. The number of fused-ring (bicyclic) bond motifs is 2. The van der Waals surface area contributed by atoms with Gasteiger partial charge in [-0.15, -0.1) is 0 Å². The Hall–Kier alpha value is -0.280. The number of nitrogens with zero attached hydrogens (tertiary/aromatic N) is 1. The highest BCUT2D eigenvalue weighted by Gasteiger charge is 2.91. The standard InChI is InChI=1S/C24H39NO6/c1-6-25-11-21(2)8-7-15(30-4)23-13-9-12-14(29-3)10-22(27,16(13)17(12)26)24(28,20(23)25)19(31-5)18(21)23/h12-20,26-28H,6-11H2,1-5H3/t12-,13-,14+,15+,16-,17+,18?,19+,20+,21+,22-,23+,24+/m1/s1. The summed E-state index contributed by atoms with van der Waals surface area (Å²) in [5, 5.41) is 36.8. The van der Waals surface area contributed by atoms with Crippen molar-refractivity contribution in [3.8, 4) is 0 Å². The van der Waals surface area contributed by atoms with E-state index in [1.807, 2.05) is 0 Å². The van der Waals surface area contributed by atoms with Crippen molar-refractivity contribution in [3.63, 3.8) is 0 Å². The van der Waals surface area contributed by atoms with E-state index in [1.54, 1.807) is 21.3 Å². The highest BCUT2D eigenvalue weighted by molar-refractivity contribution is 5.41. The number of likely N-dealkylation sites (N-methyl/N-ethyl adjacent to an activating group) is 1. The van der Waals surface area contributed by atoms with Gasteiger partial charge in [0.15, 0.2) is 0 Å². The molecule has 7 heteroatoms. The van der Waals surface area contributed by atoms with Gasteiger partial charge in [0.2, 0.25) is 0 Å². The second-order valence-electron chi connectivity index (χ2n) is 11.8. The second kappa shape index (κ2) is 6.23. The summed E-state index contributed by atoms with van der Waals surface area (Å²) in [4.78, 5) is 2.41. The molecule has 1 unspecified atom stereocenters. The zero-order valence-corrected chi connectivity index (χ0v) is 19.5. The van der Waals surface area contributed by atoms with Crippen molar-refractivity contribution in [2.24, 2.45) is 34.5 Å². The molecule has 13 atom stereocenters. The Morgan fingerprint density at radius 3 is 2.45 bits per heavy atom. The lowest BCUT2D eigenvalue weighted by molar-refractivity contribution is -0.317. The van der Waals surface area contributed by atoms with Crippen LogP contribution in [0.1, 0.15) is 39.5 Å². The first-order valence-corrected chi connectivity index (χ1v) is 12.2. The smallest absolute Gasteiger partial charge is 0.136 e. The maximum absolute atomic E-state index is 12.8. The predicted molar refractivity (Wildman–Crippen MR) is 112 cm³/mol. The van der Waals surface area contributed by atoms with Crippen LogP contribution in [0, 0.1) is 34.5 Å². The van der Waals surface area contributed by atoms with Gasteiger partial charge < -0.3 is 29.5 Å². The van der Waals surface area contributed by atoms with Crippen LogP contribution in [-0.2, 0) is 14.2 Å². The number of hydrogen-bond donors (Lipinski definition) is 3. The Labute approximate surface area is 185 Å². The van der Waals surface area contributed by atoms with E-state index in [0.717, 1.165) is 32.4 Å². The zero-order valence-electron chi connectivity index (χ0n) is 19.5. The van der Waals surface area contributed by atoms with E-state index >= 15 is 0 Å². The first kappa shape index (κ1) is 21.3. The summed E-state index contributed by atoms with van der Waals surface area (Å²) in [6, 6.07) is -0.258. The minimum atomic E-state index is -1.49. The van der Waals surface area contributed by atoms with Gasteiger partial charge in [0.05, 0.1) is 30.5 Å². The zero-order chi connectivity index (χ0) is 22.1. The third-order valence-corrected chi connectivity index (χ3v) is 11.3. The molecule has 0 aromatic heterocycles. The van der Waals surface area contributed by atoms with Gasteiger partial charge >= 0.3 is 0 Å². The van der Waals surface area contributed by atoms with Gasteiger partial charge in [-0.1, -0.05) is 13.8 Å². The predicted octanol–water partition coefficient (Wildman–Crippen LogP) is 0.645. The van der Waals surface area contributed by atoms with Crippen molar-refractivity contribution in [1.29, 1.82) is 0 Å². The van der Waals surface area contributed by atoms with Crippen LogP contribution in [0.3, 0.4) is 0 Å². The van der Waals surface area contributed by atoms with Crippen molar-refractivity contribution in [2.75, 3.05) is 34.4 Å². The average Bonchev–Trinajstić information content (AvgIpc) is 3.11. The SMILES string of the molecule is CCN1C[C@]2(C)CC[C@H](OC)[C@@]34C2[C@H](OC)[C@](O)([C@@H]13)[C@@]1(O)C[C@H](OC)[C@H]2C[C@@H]4[C@@H]1[C@H]2O. The van der Waals surface area contributed by atoms with Gasteiger partial charge in [0.25, 0.3) is 0 Å². The monoisotopic (exact) mass is 437 g/mol. The molecule has 5 saturated carbocycles. The number of likely N-dealkylation sites (tertiary alicyclic amines) is 1. The third kappa shape index (κ3) is 1.93. The van der Waals surface area contributed by atoms with Gasteiger partial charge in [0, 0.05) is 57.5 Å². The van der Waals surface area contributed by atoms with E-state index in [-0.39, 0.29) is 52.8 Å². The van der Waals surface area contributed by atoms with E-state index < -0.39 is 23.4 Å². The lowest BCUT2D eigenvalue weighted by Crippen LogP contribution is -2.81. The van der Waals surface area contributed by atoms with Crippen molar-refractivity contribution in [2.45, 2.75) is 81.2 Å². The number of aliphatic hydroxyl groups is 3. The molecule has 5 aliphatic carbocycles. The molecular weight excluding hydrogens is 398 g/mol. The van der Waals surface area contributed by atoms with Crippen molar-refractivity contribution < 1.29 is 29.5 Å². The van der Waals surface area contributed by atoms with E-state index in [2.05, 4.69) is 18.7 Å². The Kier molecular flexibility index (Phi) is 4.28. The van der Waals surface area contributed by atoms with Gasteiger partial charge in [-0.05, 0) is 37.1 Å². The van der Waals surface area contributed by atoms with E-state index in [4.69, 9.17) is 14.2 Å². The minimum absolute atomic E-state index is 0.0138. The molecule has 0 aromatic carbocycles. The molecule has 1 heterocycles. The van der Waals surface area contributed by atoms with Crippen LogP contribution in [-0.4, -0.2) is 96.3 Å².